The molecule has 0 radical (unpaired) electrons. The molecule has 0 spiro atoms. The summed E-state index contributed by atoms with van der Waals surface area (Å²) in [6.45, 7) is 0. The topological polar surface area (TPSA) is 12.0 Å². The summed E-state index contributed by atoms with van der Waals surface area (Å²) < 4.78 is 0.829. The lowest BCUT2D eigenvalue weighted by atomic mass is 10.8. The molecule has 0 saturated carbocycles. The second-order valence-electron chi connectivity index (χ2n) is 1.08. The molecule has 0 aromatic carbocycles. The van der Waals surface area contributed by atoms with Crippen molar-refractivity contribution >= 4 is 45.4 Å². The van der Waals surface area contributed by atoms with Crippen LogP contribution in [0.2, 0.25) is 0 Å². The van der Waals surface area contributed by atoms with Crippen LogP contribution in [-0.2, 0) is 0 Å². The van der Waals surface area contributed by atoms with Gasteiger partial charge < -0.3 is 5.32 Å². The van der Waals surface area contributed by atoms with Crippen molar-refractivity contribution in [3.8, 4) is 0 Å². The third kappa shape index (κ3) is 1.11. The summed E-state index contributed by atoms with van der Waals surface area (Å²) in [5.74, 6) is 0.859. The highest BCUT2D eigenvalue weighted by molar-refractivity contribution is 8.27. The molecular formula is C3H3NS3. The molecule has 1 N–H and O–H groups in total. The molecule has 1 heterocycles. The molecular weight excluding hydrogens is 146 g/mol. The van der Waals surface area contributed by atoms with Gasteiger partial charge in [-0.2, -0.15) is 0 Å². The van der Waals surface area contributed by atoms with Gasteiger partial charge in [0.1, 0.15) is 9.19 Å². The van der Waals surface area contributed by atoms with Gasteiger partial charge in [0, 0.05) is 0 Å². The first-order chi connectivity index (χ1) is 3.30. The summed E-state index contributed by atoms with van der Waals surface area (Å²) in [5.41, 5.74) is 0. The zero-order valence-electron chi connectivity index (χ0n) is 3.43. The van der Waals surface area contributed by atoms with E-state index in [-0.39, 0.29) is 0 Å². The maximum Gasteiger partial charge on any atom is 0.124 e. The zero-order chi connectivity index (χ0) is 5.28. The van der Waals surface area contributed by atoms with Gasteiger partial charge in [-0.25, -0.2) is 0 Å². The largest absolute Gasteiger partial charge is 0.365 e. The third-order valence-corrected chi connectivity index (χ3v) is 2.54. The van der Waals surface area contributed by atoms with E-state index in [1.165, 1.54) is 0 Å². The molecule has 1 aliphatic rings. The van der Waals surface area contributed by atoms with Crippen LogP contribution in [0, 0.1) is 0 Å². The van der Waals surface area contributed by atoms with E-state index in [0.29, 0.717) is 0 Å². The average Bonchev–Trinajstić information content (AvgIpc) is 1.91. The Balaban J connectivity index is 2.65. The molecule has 1 aliphatic heterocycles. The number of thioether (sulfide) groups is 1. The lowest BCUT2D eigenvalue weighted by Gasteiger charge is -1.83. The summed E-state index contributed by atoms with van der Waals surface area (Å²) in [6.07, 6.45) is 0. The van der Waals surface area contributed by atoms with Crippen LogP contribution in [-0.4, -0.2) is 15.1 Å². The van der Waals surface area contributed by atoms with Crippen LogP contribution < -0.4 is 5.32 Å². The highest BCUT2D eigenvalue weighted by atomic mass is 32.2. The molecule has 1 nitrogen and oxygen atoms in total. The fraction of sp³-hybridized carbons (Fsp3) is 0.333. The van der Waals surface area contributed by atoms with Crippen LogP contribution in [0.3, 0.4) is 0 Å². The van der Waals surface area contributed by atoms with Crippen LogP contribution >= 0.6 is 36.2 Å². The first-order valence-corrected chi connectivity index (χ1v) is 3.56. The van der Waals surface area contributed by atoms with Gasteiger partial charge in [-0.3, -0.25) is 0 Å². The normalized spacial score (nSPS) is 20.0. The fourth-order valence-electron chi connectivity index (χ4n) is 0.305. The van der Waals surface area contributed by atoms with Crippen molar-refractivity contribution < 1.29 is 0 Å². The van der Waals surface area contributed by atoms with Crippen molar-refractivity contribution in [3.05, 3.63) is 0 Å². The van der Waals surface area contributed by atoms with Crippen molar-refractivity contribution in [1.29, 1.82) is 0 Å². The standard InChI is InChI=1S/C3H3NS3/c5-2-3(6)7-1-4-2/h1H2,(H,4,5). The van der Waals surface area contributed by atoms with E-state index < -0.39 is 0 Å². The van der Waals surface area contributed by atoms with Crippen LogP contribution in [0.25, 0.3) is 0 Å². The number of hydrogen-bond acceptors (Lipinski definition) is 3. The van der Waals surface area contributed by atoms with Crippen molar-refractivity contribution in [3.63, 3.8) is 0 Å². The molecule has 7 heavy (non-hydrogen) atoms. The van der Waals surface area contributed by atoms with Crippen LogP contribution in [0.15, 0.2) is 0 Å². The maximum absolute atomic E-state index is 4.80. The number of nitrogens with one attached hydrogen (secondary N) is 1. The minimum atomic E-state index is 0.736. The van der Waals surface area contributed by atoms with Crippen molar-refractivity contribution in [2.24, 2.45) is 0 Å². The van der Waals surface area contributed by atoms with Gasteiger partial charge in [0.05, 0.1) is 5.88 Å². The predicted molar refractivity (Wildman–Crippen MR) is 40.8 cm³/mol. The molecule has 0 aromatic rings. The molecule has 4 heteroatoms. The van der Waals surface area contributed by atoms with Crippen LogP contribution in [0.1, 0.15) is 0 Å². The van der Waals surface area contributed by atoms with E-state index in [0.717, 1.165) is 15.1 Å². The van der Waals surface area contributed by atoms with Gasteiger partial charge in [-0.15, -0.1) is 0 Å². The Hall–Kier alpha value is 0.330. The molecule has 0 bridgehead atoms. The SMILES string of the molecule is S=C1NCSC1=S. The third-order valence-electron chi connectivity index (χ3n) is 0.621. The van der Waals surface area contributed by atoms with E-state index in [2.05, 4.69) is 5.32 Å². The quantitative estimate of drug-likeness (QED) is 0.514. The van der Waals surface area contributed by atoms with E-state index in [1.54, 1.807) is 11.8 Å². The Labute approximate surface area is 56.9 Å². The van der Waals surface area contributed by atoms with Gasteiger partial charge in [0.15, 0.2) is 0 Å². The second kappa shape index (κ2) is 2.07. The fourth-order valence-corrected chi connectivity index (χ4v) is 1.45. The van der Waals surface area contributed by atoms with E-state index in [9.17, 15) is 0 Å². The van der Waals surface area contributed by atoms with Crippen molar-refractivity contribution in [1.82, 2.24) is 5.32 Å². The summed E-state index contributed by atoms with van der Waals surface area (Å²) in [5, 5.41) is 2.92. The first kappa shape index (κ1) is 5.47. The molecule has 38 valence electrons. The predicted octanol–water partition coefficient (Wildman–Crippen LogP) is 0.935. The summed E-state index contributed by atoms with van der Waals surface area (Å²) in [4.78, 5) is 0.736. The van der Waals surface area contributed by atoms with Gasteiger partial charge in [0.2, 0.25) is 0 Å². The molecule has 1 fully saturated rings. The molecule has 0 unspecified atom stereocenters. The monoisotopic (exact) mass is 149 g/mol. The number of rotatable bonds is 0. The van der Waals surface area contributed by atoms with Gasteiger partial charge in [0.25, 0.3) is 0 Å². The minimum absolute atomic E-state index is 0.736. The van der Waals surface area contributed by atoms with Gasteiger partial charge in [-0.1, -0.05) is 36.2 Å². The van der Waals surface area contributed by atoms with Crippen LogP contribution in [0.5, 0.6) is 0 Å². The molecule has 0 aliphatic carbocycles. The van der Waals surface area contributed by atoms with Crippen LogP contribution in [0.4, 0.5) is 0 Å². The Morgan fingerprint density at radius 3 is 2.43 bits per heavy atom. The maximum atomic E-state index is 4.80. The van der Waals surface area contributed by atoms with Crippen molar-refractivity contribution in [2.45, 2.75) is 0 Å². The van der Waals surface area contributed by atoms with Gasteiger partial charge >= 0.3 is 0 Å². The van der Waals surface area contributed by atoms with Crippen molar-refractivity contribution in [2.75, 3.05) is 5.88 Å². The zero-order valence-corrected chi connectivity index (χ0v) is 5.88. The number of hydrogen-bond donors (Lipinski definition) is 1. The Bertz CT molecular complexity index is 105. The first-order valence-electron chi connectivity index (χ1n) is 1.75. The summed E-state index contributed by atoms with van der Waals surface area (Å²) in [7, 11) is 0. The summed E-state index contributed by atoms with van der Waals surface area (Å²) >= 11 is 11.2. The van der Waals surface area contributed by atoms with E-state index in [1.807, 2.05) is 0 Å². The van der Waals surface area contributed by atoms with E-state index >= 15 is 0 Å². The Morgan fingerprint density at radius 1 is 1.57 bits per heavy atom. The smallest absolute Gasteiger partial charge is 0.124 e. The molecule has 0 amide bonds. The number of thiocarbonyl (C=S) groups is 2. The highest BCUT2D eigenvalue weighted by Crippen LogP contribution is 2.09. The molecule has 0 atom stereocenters. The molecule has 1 rings (SSSR count). The average molecular weight is 149 g/mol. The lowest BCUT2D eigenvalue weighted by molar-refractivity contribution is 1.19. The second-order valence-corrected chi connectivity index (χ2v) is 3.14. The molecule has 0 aromatic heterocycles. The minimum Gasteiger partial charge on any atom is -0.365 e. The van der Waals surface area contributed by atoms with Gasteiger partial charge in [-0.05, 0) is 0 Å². The Morgan fingerprint density at radius 2 is 2.29 bits per heavy atom. The molecule has 1 saturated heterocycles. The van der Waals surface area contributed by atoms with E-state index in [4.69, 9.17) is 24.4 Å². The lowest BCUT2D eigenvalue weighted by Crippen LogP contribution is -2.14. The highest BCUT2D eigenvalue weighted by Gasteiger charge is 2.10. The summed E-state index contributed by atoms with van der Waals surface area (Å²) in [6, 6.07) is 0. The Kier molecular flexibility index (Phi) is 1.61.